The summed E-state index contributed by atoms with van der Waals surface area (Å²) < 4.78 is 0. The summed E-state index contributed by atoms with van der Waals surface area (Å²) in [6.07, 6.45) is 4.72. The number of hydrogen-bond donors (Lipinski definition) is 1. The van der Waals surface area contributed by atoms with E-state index in [1.807, 2.05) is 84.9 Å². The Morgan fingerprint density at radius 3 is 2.26 bits per heavy atom. The van der Waals surface area contributed by atoms with Crippen LogP contribution in [0.3, 0.4) is 0 Å². The number of halogens is 1. The normalized spacial score (nSPS) is 14.4. The highest BCUT2D eigenvalue weighted by molar-refractivity contribution is 8.00. The quantitative estimate of drug-likeness (QED) is 0.336. The molecule has 35 heavy (non-hydrogen) atoms. The van der Waals surface area contributed by atoms with E-state index in [0.717, 1.165) is 41.7 Å². The number of carbonyl (C=O) groups excluding carboxylic acids is 2. The highest BCUT2D eigenvalue weighted by Crippen LogP contribution is 2.23. The van der Waals surface area contributed by atoms with E-state index in [1.165, 1.54) is 11.8 Å². The van der Waals surface area contributed by atoms with Crippen molar-refractivity contribution in [1.82, 2.24) is 10.2 Å². The zero-order chi connectivity index (χ0) is 24.5. The molecule has 182 valence electrons. The van der Waals surface area contributed by atoms with Crippen LogP contribution in [0.15, 0.2) is 89.8 Å². The molecule has 1 N–H and O–H groups in total. The smallest absolute Gasteiger partial charge is 0.243 e. The molecule has 0 saturated heterocycles. The Morgan fingerprint density at radius 1 is 0.914 bits per heavy atom. The van der Waals surface area contributed by atoms with E-state index in [2.05, 4.69) is 5.32 Å². The lowest BCUT2D eigenvalue weighted by molar-refractivity contribution is -0.139. The highest BCUT2D eigenvalue weighted by Gasteiger charge is 2.32. The van der Waals surface area contributed by atoms with Gasteiger partial charge in [0.15, 0.2) is 0 Å². The third-order valence-electron chi connectivity index (χ3n) is 6.32. The van der Waals surface area contributed by atoms with E-state index in [1.54, 1.807) is 4.90 Å². The average molecular weight is 507 g/mol. The molecule has 3 aromatic rings. The van der Waals surface area contributed by atoms with Crippen molar-refractivity contribution in [1.29, 1.82) is 0 Å². The molecule has 0 aliphatic heterocycles. The van der Waals surface area contributed by atoms with E-state index in [-0.39, 0.29) is 23.6 Å². The first kappa shape index (κ1) is 25.3. The zero-order valence-electron chi connectivity index (χ0n) is 19.7. The molecule has 1 aliphatic carbocycles. The molecular weight excluding hydrogens is 476 g/mol. The van der Waals surface area contributed by atoms with Crippen molar-refractivity contribution >= 4 is 35.2 Å². The molecular formula is C29H31ClN2O2S. The van der Waals surface area contributed by atoms with Gasteiger partial charge >= 0.3 is 0 Å². The second-order valence-electron chi connectivity index (χ2n) is 8.95. The second kappa shape index (κ2) is 12.8. The highest BCUT2D eigenvalue weighted by atomic mass is 35.5. The molecule has 4 rings (SSSR count). The van der Waals surface area contributed by atoms with Crippen molar-refractivity contribution in [2.24, 2.45) is 0 Å². The predicted octanol–water partition coefficient (Wildman–Crippen LogP) is 6.13. The van der Waals surface area contributed by atoms with E-state index in [0.29, 0.717) is 18.0 Å². The van der Waals surface area contributed by atoms with Crippen molar-refractivity contribution in [3.63, 3.8) is 0 Å². The van der Waals surface area contributed by atoms with Crippen LogP contribution in [0, 0.1) is 0 Å². The SMILES string of the molecule is O=C(NC1CCCC1)[C@H](Cc1ccccc1)N(Cc1cccc(Cl)c1)C(=O)CSc1ccccc1. The Kier molecular flexibility index (Phi) is 9.27. The fourth-order valence-corrected chi connectivity index (χ4v) is 5.52. The molecule has 0 radical (unpaired) electrons. The number of benzene rings is 3. The number of hydrogen-bond acceptors (Lipinski definition) is 3. The number of amides is 2. The van der Waals surface area contributed by atoms with Gasteiger partial charge in [-0.2, -0.15) is 0 Å². The maximum Gasteiger partial charge on any atom is 0.243 e. The van der Waals surface area contributed by atoms with Crippen molar-refractivity contribution in [3.8, 4) is 0 Å². The zero-order valence-corrected chi connectivity index (χ0v) is 21.3. The molecule has 1 saturated carbocycles. The number of nitrogens with zero attached hydrogens (tertiary/aromatic N) is 1. The maximum atomic E-state index is 13.7. The number of thioether (sulfide) groups is 1. The van der Waals surface area contributed by atoms with Crippen LogP contribution in [0.1, 0.15) is 36.8 Å². The second-order valence-corrected chi connectivity index (χ2v) is 10.4. The van der Waals surface area contributed by atoms with Crippen LogP contribution in [0.2, 0.25) is 5.02 Å². The van der Waals surface area contributed by atoms with Gasteiger partial charge in [0.25, 0.3) is 0 Å². The molecule has 3 aromatic carbocycles. The van der Waals surface area contributed by atoms with E-state index >= 15 is 0 Å². The Morgan fingerprint density at radius 2 is 1.57 bits per heavy atom. The molecule has 0 unspecified atom stereocenters. The Hall–Kier alpha value is -2.76. The summed E-state index contributed by atoms with van der Waals surface area (Å²) in [5, 5.41) is 3.85. The van der Waals surface area contributed by atoms with Gasteiger partial charge in [0.05, 0.1) is 5.75 Å². The van der Waals surface area contributed by atoms with E-state index < -0.39 is 6.04 Å². The largest absolute Gasteiger partial charge is 0.352 e. The lowest BCUT2D eigenvalue weighted by Crippen LogP contribution is -2.52. The lowest BCUT2D eigenvalue weighted by atomic mass is 10.0. The maximum absolute atomic E-state index is 13.7. The molecule has 1 atom stereocenters. The number of carbonyl (C=O) groups is 2. The minimum atomic E-state index is -0.610. The van der Waals surface area contributed by atoms with Gasteiger partial charge in [-0.3, -0.25) is 9.59 Å². The third kappa shape index (κ3) is 7.61. The topological polar surface area (TPSA) is 49.4 Å². The summed E-state index contributed by atoms with van der Waals surface area (Å²) >= 11 is 7.74. The van der Waals surface area contributed by atoms with Gasteiger partial charge in [-0.25, -0.2) is 0 Å². The Labute approximate surface area is 217 Å². The summed E-state index contributed by atoms with van der Waals surface area (Å²) in [6.45, 7) is 0.324. The van der Waals surface area contributed by atoms with Gasteiger partial charge in [0.1, 0.15) is 6.04 Å². The first-order valence-corrected chi connectivity index (χ1v) is 13.5. The fourth-order valence-electron chi connectivity index (χ4n) is 4.50. The first-order chi connectivity index (χ1) is 17.1. The molecule has 0 bridgehead atoms. The van der Waals surface area contributed by atoms with Crippen LogP contribution in [0.5, 0.6) is 0 Å². The molecule has 0 heterocycles. The van der Waals surface area contributed by atoms with Gasteiger partial charge < -0.3 is 10.2 Å². The average Bonchev–Trinajstić information content (AvgIpc) is 3.39. The summed E-state index contributed by atoms with van der Waals surface area (Å²) in [4.78, 5) is 30.1. The van der Waals surface area contributed by atoms with Crippen LogP contribution < -0.4 is 5.32 Å². The third-order valence-corrected chi connectivity index (χ3v) is 7.55. The van der Waals surface area contributed by atoms with Crippen LogP contribution >= 0.6 is 23.4 Å². The fraction of sp³-hybridized carbons (Fsp3) is 0.310. The van der Waals surface area contributed by atoms with Crippen LogP contribution in [-0.2, 0) is 22.6 Å². The molecule has 1 fully saturated rings. The number of nitrogens with one attached hydrogen (secondary N) is 1. The van der Waals surface area contributed by atoms with Crippen LogP contribution in [0.25, 0.3) is 0 Å². The Bertz CT molecular complexity index is 1100. The minimum absolute atomic E-state index is 0.0682. The summed E-state index contributed by atoms with van der Waals surface area (Å²) in [7, 11) is 0. The van der Waals surface area contributed by atoms with Crippen LogP contribution in [-0.4, -0.2) is 34.6 Å². The van der Waals surface area contributed by atoms with Crippen molar-refractivity contribution in [2.75, 3.05) is 5.75 Å². The molecule has 0 spiro atoms. The minimum Gasteiger partial charge on any atom is -0.352 e. The van der Waals surface area contributed by atoms with Crippen molar-refractivity contribution in [3.05, 3.63) is 101 Å². The first-order valence-electron chi connectivity index (χ1n) is 12.1. The summed E-state index contributed by atoms with van der Waals surface area (Å²) in [6, 6.07) is 26.9. The van der Waals surface area contributed by atoms with Gasteiger partial charge in [-0.15, -0.1) is 11.8 Å². The molecule has 0 aromatic heterocycles. The van der Waals surface area contributed by atoms with Gasteiger partial charge in [0.2, 0.25) is 11.8 Å². The predicted molar refractivity (Wildman–Crippen MR) is 144 cm³/mol. The van der Waals surface area contributed by atoms with Gasteiger partial charge in [0, 0.05) is 28.9 Å². The van der Waals surface area contributed by atoms with E-state index in [4.69, 9.17) is 11.6 Å². The van der Waals surface area contributed by atoms with Crippen LogP contribution in [0.4, 0.5) is 0 Å². The lowest BCUT2D eigenvalue weighted by Gasteiger charge is -2.32. The van der Waals surface area contributed by atoms with Gasteiger partial charge in [-0.05, 0) is 48.2 Å². The standard InChI is InChI=1S/C29H31ClN2O2S/c30-24-13-9-12-23(18-24)20-32(28(33)21-35-26-16-5-2-6-17-26)27(19-22-10-3-1-4-11-22)29(34)31-25-14-7-8-15-25/h1-6,9-13,16-18,25,27H,7-8,14-15,19-21H2,(H,31,34)/t27-/m0/s1. The summed E-state index contributed by atoms with van der Waals surface area (Å²) in [5.74, 6) is 0.106. The van der Waals surface area contributed by atoms with E-state index in [9.17, 15) is 9.59 Å². The summed E-state index contributed by atoms with van der Waals surface area (Å²) in [5.41, 5.74) is 1.93. The molecule has 6 heteroatoms. The molecule has 4 nitrogen and oxygen atoms in total. The Balaban J connectivity index is 1.61. The van der Waals surface area contributed by atoms with Crippen molar-refractivity contribution in [2.45, 2.75) is 55.6 Å². The van der Waals surface area contributed by atoms with Crippen molar-refractivity contribution < 1.29 is 9.59 Å². The molecule has 2 amide bonds. The van der Waals surface area contributed by atoms with Gasteiger partial charge in [-0.1, -0.05) is 85.1 Å². The monoisotopic (exact) mass is 506 g/mol. The molecule has 1 aliphatic rings. The number of rotatable bonds is 10.